The third-order valence-corrected chi connectivity index (χ3v) is 3.61. The lowest BCUT2D eigenvalue weighted by Crippen LogP contribution is -2.59. The van der Waals surface area contributed by atoms with Crippen LogP contribution in [0.1, 0.15) is 26.3 Å². The van der Waals surface area contributed by atoms with E-state index in [2.05, 4.69) is 5.32 Å². The Morgan fingerprint density at radius 3 is 2.25 bits per heavy atom. The van der Waals surface area contributed by atoms with E-state index in [1.54, 1.807) is 38.1 Å². The van der Waals surface area contributed by atoms with E-state index in [-0.39, 0.29) is 5.02 Å². The van der Waals surface area contributed by atoms with Crippen LogP contribution in [0.2, 0.25) is 5.02 Å². The van der Waals surface area contributed by atoms with Crippen LogP contribution in [-0.4, -0.2) is 28.2 Å². The van der Waals surface area contributed by atoms with Crippen molar-refractivity contribution in [2.75, 3.05) is 0 Å². The van der Waals surface area contributed by atoms with Crippen LogP contribution < -0.4 is 5.32 Å². The molecule has 3 N–H and O–H groups in total. The average Bonchev–Trinajstić information content (AvgIpc) is 2.35. The van der Waals surface area contributed by atoms with Crippen molar-refractivity contribution in [1.29, 1.82) is 0 Å². The fraction of sp³-hybridized carbons (Fsp3) is 0.429. The van der Waals surface area contributed by atoms with Crippen molar-refractivity contribution in [3.05, 3.63) is 34.9 Å². The molecule has 6 heteroatoms. The van der Waals surface area contributed by atoms with E-state index >= 15 is 0 Å². The Hall–Kier alpha value is -1.59. The smallest absolute Gasteiger partial charge is 0.335 e. The molecule has 0 aromatic heterocycles. The Morgan fingerprint density at radius 1 is 1.30 bits per heavy atom. The zero-order chi connectivity index (χ0) is 15.5. The van der Waals surface area contributed by atoms with Crippen LogP contribution in [0.15, 0.2) is 24.3 Å². The molecule has 0 aliphatic heterocycles. The van der Waals surface area contributed by atoms with Gasteiger partial charge in [0.05, 0.1) is 0 Å². The van der Waals surface area contributed by atoms with Crippen LogP contribution in [-0.2, 0) is 15.1 Å². The second kappa shape index (κ2) is 6.24. The number of aliphatic hydroxyl groups excluding tert-OH is 1. The number of hydrogen-bond donors (Lipinski definition) is 3. The normalized spacial score (nSPS) is 15.5. The van der Waals surface area contributed by atoms with E-state index in [1.807, 2.05) is 0 Å². The first-order valence-corrected chi connectivity index (χ1v) is 6.56. The van der Waals surface area contributed by atoms with Gasteiger partial charge in [-0.1, -0.05) is 43.6 Å². The predicted molar refractivity (Wildman–Crippen MR) is 75.4 cm³/mol. The molecule has 110 valence electrons. The lowest BCUT2D eigenvalue weighted by Gasteiger charge is -2.41. The third-order valence-electron chi connectivity index (χ3n) is 3.28. The van der Waals surface area contributed by atoms with Gasteiger partial charge < -0.3 is 15.5 Å². The summed E-state index contributed by atoms with van der Waals surface area (Å²) < 4.78 is 0. The van der Waals surface area contributed by atoms with Crippen molar-refractivity contribution in [1.82, 2.24) is 5.32 Å². The van der Waals surface area contributed by atoms with Gasteiger partial charge in [0, 0.05) is 11.9 Å². The molecular weight excluding hydrogens is 282 g/mol. The van der Waals surface area contributed by atoms with Crippen molar-refractivity contribution in [3.8, 4) is 0 Å². The van der Waals surface area contributed by atoms with E-state index in [4.69, 9.17) is 11.6 Å². The van der Waals surface area contributed by atoms with Gasteiger partial charge in [-0.3, -0.25) is 4.79 Å². The van der Waals surface area contributed by atoms with E-state index in [9.17, 15) is 19.8 Å². The van der Waals surface area contributed by atoms with Gasteiger partial charge >= 0.3 is 5.97 Å². The van der Waals surface area contributed by atoms with Crippen LogP contribution in [0, 0.1) is 5.92 Å². The number of carbonyl (C=O) groups is 2. The molecule has 0 unspecified atom stereocenters. The summed E-state index contributed by atoms with van der Waals surface area (Å²) in [4.78, 5) is 22.8. The fourth-order valence-corrected chi connectivity index (χ4v) is 2.63. The number of carboxylic acid groups (broad SMARTS) is 1. The highest BCUT2D eigenvalue weighted by Gasteiger charge is 2.48. The first kappa shape index (κ1) is 16.5. The summed E-state index contributed by atoms with van der Waals surface area (Å²) in [6.07, 6.45) is -1.81. The number of aliphatic carboxylic acids is 1. The van der Waals surface area contributed by atoms with Crippen LogP contribution in [0.3, 0.4) is 0 Å². The molecule has 0 heterocycles. The summed E-state index contributed by atoms with van der Waals surface area (Å²) in [5.41, 5.74) is -1.11. The predicted octanol–water partition coefficient (Wildman–Crippen LogP) is 1.77. The molecule has 0 bridgehead atoms. The number of nitrogens with one attached hydrogen (secondary N) is 1. The van der Waals surface area contributed by atoms with Gasteiger partial charge in [0.25, 0.3) is 0 Å². The van der Waals surface area contributed by atoms with E-state index < -0.39 is 29.4 Å². The lowest BCUT2D eigenvalue weighted by atomic mass is 9.75. The topological polar surface area (TPSA) is 86.6 Å². The monoisotopic (exact) mass is 299 g/mol. The number of carboxylic acids is 1. The van der Waals surface area contributed by atoms with E-state index in [0.717, 1.165) is 0 Å². The minimum atomic E-state index is -1.81. The largest absolute Gasteiger partial charge is 0.479 e. The average molecular weight is 300 g/mol. The quantitative estimate of drug-likeness (QED) is 0.773. The Morgan fingerprint density at radius 2 is 1.85 bits per heavy atom. The van der Waals surface area contributed by atoms with Crippen LogP contribution in [0.4, 0.5) is 0 Å². The Balaban J connectivity index is 3.57. The zero-order valence-corrected chi connectivity index (χ0v) is 12.3. The molecule has 5 nitrogen and oxygen atoms in total. The summed E-state index contributed by atoms with van der Waals surface area (Å²) in [7, 11) is 0. The van der Waals surface area contributed by atoms with Gasteiger partial charge in [-0.25, -0.2) is 4.79 Å². The molecule has 0 saturated heterocycles. The highest BCUT2D eigenvalue weighted by Crippen LogP contribution is 2.37. The molecule has 0 radical (unpaired) electrons. The number of aliphatic hydroxyl groups is 1. The molecule has 0 fully saturated rings. The van der Waals surface area contributed by atoms with Crippen LogP contribution >= 0.6 is 11.6 Å². The molecule has 1 amide bonds. The highest BCUT2D eigenvalue weighted by molar-refractivity contribution is 6.31. The SMILES string of the molecule is CC(=O)N[C@](c1ccccc1Cl)(C(C)C)[C@@H](O)C(=O)O. The molecule has 0 spiro atoms. The summed E-state index contributed by atoms with van der Waals surface area (Å²) in [5, 5.41) is 22.2. The van der Waals surface area contributed by atoms with Gasteiger partial charge in [0.15, 0.2) is 6.10 Å². The Bertz CT molecular complexity index is 518. The zero-order valence-electron chi connectivity index (χ0n) is 11.6. The second-order valence-electron chi connectivity index (χ2n) is 4.93. The first-order chi connectivity index (χ1) is 9.23. The number of amides is 1. The molecular formula is C14H18ClNO4. The molecule has 1 rings (SSSR count). The fourth-order valence-electron chi connectivity index (χ4n) is 2.34. The number of hydrogen-bond acceptors (Lipinski definition) is 3. The maximum Gasteiger partial charge on any atom is 0.335 e. The lowest BCUT2D eigenvalue weighted by molar-refractivity contribution is -0.154. The molecule has 0 aliphatic carbocycles. The van der Waals surface area contributed by atoms with Gasteiger partial charge in [0.1, 0.15) is 5.54 Å². The number of rotatable bonds is 5. The maximum absolute atomic E-state index is 11.5. The van der Waals surface area contributed by atoms with Crippen molar-refractivity contribution >= 4 is 23.5 Å². The molecule has 1 aromatic carbocycles. The highest BCUT2D eigenvalue weighted by atomic mass is 35.5. The standard InChI is InChI=1S/C14H18ClNO4/c1-8(2)14(16-9(3)17,12(18)13(19)20)10-6-4-5-7-11(10)15/h4-8,12,18H,1-3H3,(H,16,17)(H,19,20)/t12-,14-/m0/s1. The number of benzene rings is 1. The number of carbonyl (C=O) groups excluding carboxylic acids is 1. The van der Waals surface area contributed by atoms with E-state index in [1.165, 1.54) is 6.92 Å². The third kappa shape index (κ3) is 2.94. The Labute approximate surface area is 122 Å². The maximum atomic E-state index is 11.5. The molecule has 1 aromatic rings. The van der Waals surface area contributed by atoms with Crippen LogP contribution in [0.5, 0.6) is 0 Å². The van der Waals surface area contributed by atoms with Gasteiger partial charge in [-0.05, 0) is 17.5 Å². The van der Waals surface area contributed by atoms with Crippen molar-refractivity contribution in [2.24, 2.45) is 5.92 Å². The van der Waals surface area contributed by atoms with Gasteiger partial charge in [0.2, 0.25) is 5.91 Å². The minimum absolute atomic E-state index is 0.287. The number of halogens is 1. The first-order valence-electron chi connectivity index (χ1n) is 6.18. The molecule has 2 atom stereocenters. The van der Waals surface area contributed by atoms with Crippen molar-refractivity contribution < 1.29 is 19.8 Å². The van der Waals surface area contributed by atoms with Gasteiger partial charge in [-0.15, -0.1) is 0 Å². The van der Waals surface area contributed by atoms with Gasteiger partial charge in [-0.2, -0.15) is 0 Å². The summed E-state index contributed by atoms with van der Waals surface area (Å²) in [5.74, 6) is -2.26. The second-order valence-corrected chi connectivity index (χ2v) is 5.33. The Kier molecular flexibility index (Phi) is 5.14. The van der Waals surface area contributed by atoms with Crippen LogP contribution in [0.25, 0.3) is 0 Å². The molecule has 20 heavy (non-hydrogen) atoms. The minimum Gasteiger partial charge on any atom is -0.479 e. The van der Waals surface area contributed by atoms with Crippen molar-refractivity contribution in [3.63, 3.8) is 0 Å². The summed E-state index contributed by atoms with van der Waals surface area (Å²) >= 11 is 6.13. The van der Waals surface area contributed by atoms with Crippen molar-refractivity contribution in [2.45, 2.75) is 32.4 Å². The molecule has 0 aliphatic rings. The summed E-state index contributed by atoms with van der Waals surface area (Å²) in [6, 6.07) is 6.56. The van der Waals surface area contributed by atoms with E-state index in [0.29, 0.717) is 5.56 Å². The molecule has 0 saturated carbocycles. The summed E-state index contributed by atoms with van der Waals surface area (Å²) in [6.45, 7) is 4.69.